The predicted octanol–water partition coefficient (Wildman–Crippen LogP) is 18.1. The molecule has 1 amide bonds. The van der Waals surface area contributed by atoms with Crippen LogP contribution in [0.15, 0.2) is 12.2 Å². The lowest BCUT2D eigenvalue weighted by atomic mass is 10.0. The Hall–Kier alpha value is -1.40. The summed E-state index contributed by atoms with van der Waals surface area (Å²) in [6, 6.07) is -0.540. The summed E-state index contributed by atoms with van der Waals surface area (Å²) in [5, 5.41) is 23.3. The number of carbonyl (C=O) groups is 2. The highest BCUT2D eigenvalue weighted by Crippen LogP contribution is 2.18. The largest absolute Gasteiger partial charge is 0.466 e. The SMILES string of the molecule is CCCCC/C=C\CCCCCCCC(=O)OCCCCCCCCCCCCCCCCCCCCCCCCC(=O)NC(CO)C(O)CCCCCCCCCCCCCCCC. The Kier molecular flexibility index (Phi) is 54.0. The zero-order valence-corrected chi connectivity index (χ0v) is 44.0. The molecule has 0 aromatic heterocycles. The number of hydrogen-bond acceptors (Lipinski definition) is 5. The highest BCUT2D eigenvalue weighted by atomic mass is 16.5. The molecule has 2 atom stereocenters. The Labute approximate surface area is 406 Å². The van der Waals surface area contributed by atoms with Crippen molar-refractivity contribution in [1.82, 2.24) is 5.32 Å². The lowest BCUT2D eigenvalue weighted by molar-refractivity contribution is -0.143. The number of hydrogen-bond donors (Lipinski definition) is 3. The number of aliphatic hydroxyl groups excluding tert-OH is 2. The van der Waals surface area contributed by atoms with E-state index in [-0.39, 0.29) is 18.5 Å². The van der Waals surface area contributed by atoms with Crippen LogP contribution in [0.25, 0.3) is 0 Å². The molecule has 0 rings (SSSR count). The average molecular weight is 919 g/mol. The zero-order chi connectivity index (χ0) is 47.2. The van der Waals surface area contributed by atoms with Gasteiger partial charge in [-0.05, 0) is 51.4 Å². The maximum absolute atomic E-state index is 12.5. The minimum atomic E-state index is -0.663. The first kappa shape index (κ1) is 63.6. The van der Waals surface area contributed by atoms with Gasteiger partial charge in [-0.3, -0.25) is 9.59 Å². The second kappa shape index (κ2) is 55.2. The molecule has 0 bridgehead atoms. The van der Waals surface area contributed by atoms with Crippen molar-refractivity contribution >= 4 is 11.9 Å². The van der Waals surface area contributed by atoms with Crippen molar-refractivity contribution < 1.29 is 24.5 Å². The minimum absolute atomic E-state index is 0.00359. The summed E-state index contributed by atoms with van der Waals surface area (Å²) in [6.45, 7) is 4.94. The molecule has 0 saturated carbocycles. The molecule has 0 fully saturated rings. The number of nitrogens with one attached hydrogen (secondary N) is 1. The lowest BCUT2D eigenvalue weighted by Crippen LogP contribution is -2.45. The molecular formula is C59H115NO5. The smallest absolute Gasteiger partial charge is 0.305 e. The number of unbranched alkanes of at least 4 members (excludes halogenated alkanes) is 42. The van der Waals surface area contributed by atoms with E-state index < -0.39 is 12.1 Å². The van der Waals surface area contributed by atoms with Crippen molar-refractivity contribution in [2.24, 2.45) is 0 Å². The Bertz CT molecular complexity index is 970. The van der Waals surface area contributed by atoms with Gasteiger partial charge in [-0.2, -0.15) is 0 Å². The van der Waals surface area contributed by atoms with Crippen molar-refractivity contribution in [3.63, 3.8) is 0 Å². The maximum Gasteiger partial charge on any atom is 0.305 e. The van der Waals surface area contributed by atoms with E-state index in [0.717, 1.165) is 44.9 Å². The summed E-state index contributed by atoms with van der Waals surface area (Å²) < 4.78 is 5.46. The average Bonchev–Trinajstić information content (AvgIpc) is 3.31. The summed E-state index contributed by atoms with van der Waals surface area (Å²) in [6.07, 6.45) is 64.9. The minimum Gasteiger partial charge on any atom is -0.466 e. The quantitative estimate of drug-likeness (QED) is 0.0321. The molecule has 0 saturated heterocycles. The fourth-order valence-electron chi connectivity index (χ4n) is 9.28. The van der Waals surface area contributed by atoms with Crippen molar-refractivity contribution in [3.05, 3.63) is 12.2 Å². The molecule has 0 spiro atoms. The van der Waals surface area contributed by atoms with Crippen LogP contribution in [0.5, 0.6) is 0 Å². The van der Waals surface area contributed by atoms with Gasteiger partial charge in [-0.25, -0.2) is 0 Å². The van der Waals surface area contributed by atoms with Gasteiger partial charge in [0.2, 0.25) is 5.91 Å². The van der Waals surface area contributed by atoms with Crippen molar-refractivity contribution in [1.29, 1.82) is 0 Å². The number of allylic oxidation sites excluding steroid dienone is 2. The molecule has 0 aliphatic carbocycles. The topological polar surface area (TPSA) is 95.9 Å². The van der Waals surface area contributed by atoms with Gasteiger partial charge in [0.25, 0.3) is 0 Å². The molecule has 0 aliphatic heterocycles. The highest BCUT2D eigenvalue weighted by Gasteiger charge is 2.20. The van der Waals surface area contributed by atoms with E-state index in [9.17, 15) is 19.8 Å². The van der Waals surface area contributed by atoms with Gasteiger partial charge in [0.05, 0.1) is 25.4 Å². The Balaban J connectivity index is 3.37. The van der Waals surface area contributed by atoms with Crippen LogP contribution in [0.1, 0.15) is 328 Å². The molecule has 0 aliphatic rings. The molecule has 0 aromatic rings. The maximum atomic E-state index is 12.5. The van der Waals surface area contributed by atoms with Gasteiger partial charge in [-0.1, -0.05) is 276 Å². The number of esters is 1. The highest BCUT2D eigenvalue weighted by molar-refractivity contribution is 5.76. The standard InChI is InChI=1S/C59H115NO5/c1-3-5-7-9-11-13-15-17-28-31-35-39-43-47-51-57(62)56(55-61)60-58(63)52-48-44-40-36-32-29-26-24-22-20-18-19-21-23-25-27-30-34-38-42-46-50-54-65-59(64)53-49-45-41-37-33-16-14-12-10-8-6-4-2/h12,14,56-57,61-62H,3-11,13,15-55H2,1-2H3,(H,60,63)/b14-12-. The summed E-state index contributed by atoms with van der Waals surface area (Å²) >= 11 is 0. The molecule has 6 heteroatoms. The van der Waals surface area contributed by atoms with E-state index in [1.54, 1.807) is 0 Å². The van der Waals surface area contributed by atoms with Gasteiger partial charge in [-0.15, -0.1) is 0 Å². The number of carbonyl (C=O) groups excluding carboxylic acids is 2. The van der Waals surface area contributed by atoms with E-state index in [4.69, 9.17) is 4.74 Å². The normalized spacial score (nSPS) is 12.6. The van der Waals surface area contributed by atoms with E-state index in [0.29, 0.717) is 25.9 Å². The fourth-order valence-corrected chi connectivity index (χ4v) is 9.28. The Morgan fingerprint density at radius 1 is 0.415 bits per heavy atom. The van der Waals surface area contributed by atoms with Crippen LogP contribution < -0.4 is 5.32 Å². The summed E-state index contributed by atoms with van der Waals surface area (Å²) in [7, 11) is 0. The van der Waals surface area contributed by atoms with Gasteiger partial charge in [0.15, 0.2) is 0 Å². The number of aliphatic hydroxyl groups is 2. The number of ether oxygens (including phenoxy) is 1. The van der Waals surface area contributed by atoms with Gasteiger partial charge in [0.1, 0.15) is 0 Å². The number of amides is 1. The van der Waals surface area contributed by atoms with Crippen LogP contribution >= 0.6 is 0 Å². The van der Waals surface area contributed by atoms with Crippen LogP contribution in [0.3, 0.4) is 0 Å². The molecule has 2 unspecified atom stereocenters. The molecule has 65 heavy (non-hydrogen) atoms. The molecule has 0 heterocycles. The molecule has 386 valence electrons. The van der Waals surface area contributed by atoms with E-state index in [1.807, 2.05) is 0 Å². The van der Waals surface area contributed by atoms with Crippen LogP contribution in [0, 0.1) is 0 Å². The summed E-state index contributed by atoms with van der Waals surface area (Å²) in [5.74, 6) is -0.0299. The molecule has 6 nitrogen and oxygen atoms in total. The third-order valence-electron chi connectivity index (χ3n) is 13.8. The van der Waals surface area contributed by atoms with Crippen molar-refractivity contribution in [3.8, 4) is 0 Å². The van der Waals surface area contributed by atoms with E-state index in [1.165, 1.54) is 250 Å². The third kappa shape index (κ3) is 51.8. The molecule has 0 aromatic carbocycles. The van der Waals surface area contributed by atoms with Gasteiger partial charge in [0, 0.05) is 12.8 Å². The van der Waals surface area contributed by atoms with E-state index in [2.05, 4.69) is 31.3 Å². The molecule has 0 radical (unpaired) electrons. The van der Waals surface area contributed by atoms with Crippen molar-refractivity contribution in [2.75, 3.05) is 13.2 Å². The van der Waals surface area contributed by atoms with Crippen LogP contribution in [-0.2, 0) is 14.3 Å². The summed E-state index contributed by atoms with van der Waals surface area (Å²) in [4.78, 5) is 24.5. The zero-order valence-electron chi connectivity index (χ0n) is 44.0. The molecular weight excluding hydrogens is 803 g/mol. The first-order valence-corrected chi connectivity index (χ1v) is 29.4. The van der Waals surface area contributed by atoms with Crippen LogP contribution in [0.4, 0.5) is 0 Å². The van der Waals surface area contributed by atoms with E-state index >= 15 is 0 Å². The lowest BCUT2D eigenvalue weighted by Gasteiger charge is -2.22. The Morgan fingerprint density at radius 3 is 1.12 bits per heavy atom. The number of rotatable bonds is 55. The molecule has 3 N–H and O–H groups in total. The van der Waals surface area contributed by atoms with Gasteiger partial charge < -0.3 is 20.3 Å². The second-order valence-electron chi connectivity index (χ2n) is 20.3. The fraction of sp³-hybridized carbons (Fsp3) is 0.932. The first-order chi connectivity index (χ1) is 32.0. The van der Waals surface area contributed by atoms with Crippen LogP contribution in [-0.4, -0.2) is 47.4 Å². The third-order valence-corrected chi connectivity index (χ3v) is 13.8. The first-order valence-electron chi connectivity index (χ1n) is 29.4. The summed E-state index contributed by atoms with van der Waals surface area (Å²) in [5.41, 5.74) is 0. The monoisotopic (exact) mass is 918 g/mol. The van der Waals surface area contributed by atoms with Gasteiger partial charge >= 0.3 is 5.97 Å². The van der Waals surface area contributed by atoms with Crippen LogP contribution in [0.2, 0.25) is 0 Å². The second-order valence-corrected chi connectivity index (χ2v) is 20.3. The Morgan fingerprint density at radius 2 is 0.723 bits per heavy atom. The van der Waals surface area contributed by atoms with Crippen molar-refractivity contribution in [2.45, 2.75) is 341 Å². The predicted molar refractivity (Wildman–Crippen MR) is 283 cm³/mol.